The fourth-order valence-electron chi connectivity index (χ4n) is 1.95. The van der Waals surface area contributed by atoms with Crippen LogP contribution in [0.1, 0.15) is 46.0 Å². The molecule has 0 saturated heterocycles. The van der Waals surface area contributed by atoms with Crippen LogP contribution < -0.4 is 5.73 Å². The summed E-state index contributed by atoms with van der Waals surface area (Å²) in [5.74, 6) is 0.934. The van der Waals surface area contributed by atoms with E-state index in [9.17, 15) is 0 Å². The summed E-state index contributed by atoms with van der Waals surface area (Å²) in [6.45, 7) is 5.58. The Morgan fingerprint density at radius 1 is 1.36 bits per heavy atom. The lowest BCUT2D eigenvalue weighted by Gasteiger charge is -2.25. The molecule has 0 aromatic rings. The molecule has 0 aliphatic heterocycles. The second kappa shape index (κ2) is 3.57. The summed E-state index contributed by atoms with van der Waals surface area (Å²) in [4.78, 5) is 0. The Bertz CT molecular complexity index is 122. The lowest BCUT2D eigenvalue weighted by Crippen LogP contribution is -2.26. The van der Waals surface area contributed by atoms with Crippen molar-refractivity contribution in [1.29, 1.82) is 0 Å². The van der Waals surface area contributed by atoms with Gasteiger partial charge < -0.3 is 5.73 Å². The van der Waals surface area contributed by atoms with Crippen molar-refractivity contribution in [3.05, 3.63) is 0 Å². The fourth-order valence-corrected chi connectivity index (χ4v) is 1.95. The summed E-state index contributed by atoms with van der Waals surface area (Å²) >= 11 is 0. The number of nitrogens with two attached hydrogens (primary N) is 1. The van der Waals surface area contributed by atoms with Gasteiger partial charge in [0, 0.05) is 0 Å². The minimum absolute atomic E-state index is 0.463. The summed E-state index contributed by atoms with van der Waals surface area (Å²) in [6, 6.07) is 0. The Hall–Kier alpha value is -0.0400. The van der Waals surface area contributed by atoms with Gasteiger partial charge in [0.15, 0.2) is 0 Å². The van der Waals surface area contributed by atoms with Gasteiger partial charge in [-0.15, -0.1) is 0 Å². The maximum Gasteiger partial charge on any atom is -0.00232 e. The van der Waals surface area contributed by atoms with Gasteiger partial charge in [0.1, 0.15) is 0 Å². The van der Waals surface area contributed by atoms with Gasteiger partial charge in [-0.1, -0.05) is 33.1 Å². The Morgan fingerprint density at radius 3 is 2.73 bits per heavy atom. The van der Waals surface area contributed by atoms with E-state index in [1.165, 1.54) is 32.1 Å². The third kappa shape index (κ3) is 2.48. The van der Waals surface area contributed by atoms with Crippen molar-refractivity contribution in [2.45, 2.75) is 46.0 Å². The number of rotatable bonds is 1. The Kier molecular flexibility index (Phi) is 2.94. The zero-order chi connectivity index (χ0) is 8.32. The second-order valence-corrected chi connectivity index (χ2v) is 4.55. The zero-order valence-electron chi connectivity index (χ0n) is 7.90. The average Bonchev–Trinajstić information content (AvgIpc) is 2.15. The van der Waals surface area contributed by atoms with Gasteiger partial charge in [-0.25, -0.2) is 0 Å². The SMILES string of the molecule is C[C@H]1CCCC(C)(CN)CC1. The summed E-state index contributed by atoms with van der Waals surface area (Å²) < 4.78 is 0. The second-order valence-electron chi connectivity index (χ2n) is 4.55. The minimum atomic E-state index is 0.463. The van der Waals surface area contributed by atoms with Crippen molar-refractivity contribution >= 4 is 0 Å². The molecule has 0 bridgehead atoms. The molecule has 1 unspecified atom stereocenters. The van der Waals surface area contributed by atoms with Gasteiger partial charge in [-0.2, -0.15) is 0 Å². The first-order chi connectivity index (χ1) is 5.16. The van der Waals surface area contributed by atoms with Crippen molar-refractivity contribution in [2.24, 2.45) is 17.1 Å². The predicted octanol–water partition coefficient (Wildman–Crippen LogP) is 2.55. The quantitative estimate of drug-likeness (QED) is 0.579. The van der Waals surface area contributed by atoms with E-state index >= 15 is 0 Å². The molecule has 0 amide bonds. The van der Waals surface area contributed by atoms with E-state index in [1.54, 1.807) is 0 Å². The topological polar surface area (TPSA) is 26.0 Å². The van der Waals surface area contributed by atoms with E-state index in [0.717, 1.165) is 12.5 Å². The predicted molar refractivity (Wildman–Crippen MR) is 49.4 cm³/mol. The zero-order valence-corrected chi connectivity index (χ0v) is 7.90. The van der Waals surface area contributed by atoms with Crippen LogP contribution in [0.15, 0.2) is 0 Å². The van der Waals surface area contributed by atoms with Gasteiger partial charge in [0.25, 0.3) is 0 Å². The van der Waals surface area contributed by atoms with E-state index < -0.39 is 0 Å². The molecule has 1 heteroatoms. The lowest BCUT2D eigenvalue weighted by atomic mass is 9.82. The molecule has 2 N–H and O–H groups in total. The third-order valence-electron chi connectivity index (χ3n) is 3.21. The van der Waals surface area contributed by atoms with E-state index in [1.807, 2.05) is 0 Å². The van der Waals surface area contributed by atoms with Crippen LogP contribution in [-0.2, 0) is 0 Å². The first kappa shape index (κ1) is 9.05. The van der Waals surface area contributed by atoms with Crippen molar-refractivity contribution in [3.63, 3.8) is 0 Å². The van der Waals surface area contributed by atoms with E-state index in [4.69, 9.17) is 5.73 Å². The van der Waals surface area contributed by atoms with Gasteiger partial charge in [-0.05, 0) is 30.7 Å². The molecule has 66 valence electrons. The van der Waals surface area contributed by atoms with Crippen molar-refractivity contribution < 1.29 is 0 Å². The summed E-state index contributed by atoms with van der Waals surface area (Å²) in [6.07, 6.45) is 6.86. The van der Waals surface area contributed by atoms with Gasteiger partial charge >= 0.3 is 0 Å². The molecular weight excluding hydrogens is 134 g/mol. The van der Waals surface area contributed by atoms with Gasteiger partial charge in [-0.3, -0.25) is 0 Å². The highest BCUT2D eigenvalue weighted by atomic mass is 14.6. The average molecular weight is 155 g/mol. The molecule has 0 radical (unpaired) electrons. The molecule has 11 heavy (non-hydrogen) atoms. The van der Waals surface area contributed by atoms with Crippen molar-refractivity contribution in [3.8, 4) is 0 Å². The van der Waals surface area contributed by atoms with Crippen LogP contribution in [0, 0.1) is 11.3 Å². The molecule has 0 aromatic heterocycles. The van der Waals surface area contributed by atoms with Gasteiger partial charge in [0.2, 0.25) is 0 Å². The Balaban J connectivity index is 2.45. The largest absolute Gasteiger partial charge is 0.330 e. The third-order valence-corrected chi connectivity index (χ3v) is 3.21. The smallest absolute Gasteiger partial charge is 0.00232 e. The van der Waals surface area contributed by atoms with E-state index in [0.29, 0.717) is 5.41 Å². The Morgan fingerprint density at radius 2 is 2.09 bits per heavy atom. The normalized spacial score (nSPS) is 40.1. The summed E-state index contributed by atoms with van der Waals surface area (Å²) in [5, 5.41) is 0. The lowest BCUT2D eigenvalue weighted by molar-refractivity contribution is 0.285. The van der Waals surface area contributed by atoms with Crippen LogP contribution in [0.2, 0.25) is 0 Å². The highest BCUT2D eigenvalue weighted by molar-refractivity contribution is 4.79. The molecular formula is C10H21N. The fraction of sp³-hybridized carbons (Fsp3) is 1.00. The van der Waals surface area contributed by atoms with Crippen molar-refractivity contribution in [2.75, 3.05) is 6.54 Å². The highest BCUT2D eigenvalue weighted by Gasteiger charge is 2.25. The molecule has 1 nitrogen and oxygen atoms in total. The number of hydrogen-bond donors (Lipinski definition) is 1. The molecule has 1 fully saturated rings. The molecule has 1 saturated carbocycles. The first-order valence-electron chi connectivity index (χ1n) is 4.86. The molecule has 1 rings (SSSR count). The van der Waals surface area contributed by atoms with Crippen LogP contribution in [0.5, 0.6) is 0 Å². The van der Waals surface area contributed by atoms with Crippen molar-refractivity contribution in [1.82, 2.24) is 0 Å². The van der Waals surface area contributed by atoms with Crippen LogP contribution in [-0.4, -0.2) is 6.54 Å². The highest BCUT2D eigenvalue weighted by Crippen LogP contribution is 2.35. The molecule has 0 spiro atoms. The van der Waals surface area contributed by atoms with Crippen LogP contribution in [0.3, 0.4) is 0 Å². The molecule has 2 atom stereocenters. The van der Waals surface area contributed by atoms with Gasteiger partial charge in [0.05, 0.1) is 0 Å². The van der Waals surface area contributed by atoms with Crippen LogP contribution in [0.25, 0.3) is 0 Å². The van der Waals surface area contributed by atoms with Crippen LogP contribution >= 0.6 is 0 Å². The number of hydrogen-bond acceptors (Lipinski definition) is 1. The Labute approximate surface area is 70.4 Å². The molecule has 1 aliphatic carbocycles. The van der Waals surface area contributed by atoms with E-state index in [2.05, 4.69) is 13.8 Å². The summed E-state index contributed by atoms with van der Waals surface area (Å²) in [7, 11) is 0. The molecule has 0 heterocycles. The van der Waals surface area contributed by atoms with E-state index in [-0.39, 0.29) is 0 Å². The monoisotopic (exact) mass is 155 g/mol. The minimum Gasteiger partial charge on any atom is -0.330 e. The standard InChI is InChI=1S/C10H21N/c1-9-4-3-6-10(2,8-11)7-5-9/h9H,3-8,11H2,1-2H3/t9-,10?/m0/s1. The summed E-state index contributed by atoms with van der Waals surface area (Å²) in [5.41, 5.74) is 6.22. The first-order valence-corrected chi connectivity index (χ1v) is 4.86. The molecule has 0 aromatic carbocycles. The van der Waals surface area contributed by atoms with Crippen LogP contribution in [0.4, 0.5) is 0 Å². The maximum absolute atomic E-state index is 5.75. The maximum atomic E-state index is 5.75. The molecule has 1 aliphatic rings.